The average molecular weight is 149 g/mol. The quantitative estimate of drug-likeness (QED) is 0.506. The summed E-state index contributed by atoms with van der Waals surface area (Å²) in [5.74, 6) is 0.367. The highest BCUT2D eigenvalue weighted by atomic mass is 32.2. The van der Waals surface area contributed by atoms with E-state index in [0.717, 1.165) is 13.1 Å². The minimum Gasteiger partial charge on any atom is -0.316 e. The molecule has 4 heteroatoms. The van der Waals surface area contributed by atoms with Gasteiger partial charge in [-0.3, -0.25) is 0 Å². The van der Waals surface area contributed by atoms with E-state index in [1.807, 2.05) is 0 Å². The van der Waals surface area contributed by atoms with Crippen LogP contribution in [0.3, 0.4) is 0 Å². The van der Waals surface area contributed by atoms with Crippen LogP contribution in [-0.4, -0.2) is 26.8 Å². The molecule has 1 aliphatic heterocycles. The van der Waals surface area contributed by atoms with Gasteiger partial charge in [-0.15, -0.1) is 0 Å². The van der Waals surface area contributed by atoms with Crippen LogP contribution in [0.15, 0.2) is 0 Å². The molecular formula is C5H11NO2S. The van der Waals surface area contributed by atoms with Crippen LogP contribution in [0.1, 0.15) is 6.92 Å². The van der Waals surface area contributed by atoms with Crippen molar-refractivity contribution >= 4 is 10.7 Å². The maximum atomic E-state index is 10.3. The lowest BCUT2D eigenvalue weighted by Gasteiger charge is -2.29. The Morgan fingerprint density at radius 2 is 2.11 bits per heavy atom. The van der Waals surface area contributed by atoms with Gasteiger partial charge in [0.15, 0.2) is 0 Å². The van der Waals surface area contributed by atoms with Gasteiger partial charge >= 0.3 is 0 Å². The van der Waals surface area contributed by atoms with Crippen molar-refractivity contribution in [1.29, 1.82) is 0 Å². The van der Waals surface area contributed by atoms with Gasteiger partial charge in [-0.25, -0.2) is 8.42 Å². The first-order chi connectivity index (χ1) is 4.22. The van der Waals surface area contributed by atoms with Crippen LogP contribution in [0.4, 0.5) is 0 Å². The monoisotopic (exact) mass is 149 g/mol. The van der Waals surface area contributed by atoms with Crippen LogP contribution in [0.2, 0.25) is 0 Å². The molecule has 3 nitrogen and oxygen atoms in total. The molecule has 1 heterocycles. The Morgan fingerprint density at radius 3 is 2.22 bits per heavy atom. The van der Waals surface area contributed by atoms with Gasteiger partial charge in [0.25, 0.3) is 0 Å². The van der Waals surface area contributed by atoms with Crippen molar-refractivity contribution in [3.05, 3.63) is 0 Å². The van der Waals surface area contributed by atoms with E-state index in [2.05, 4.69) is 5.32 Å². The number of hydrogen-bond acceptors (Lipinski definition) is 3. The number of rotatable bonds is 2. The van der Waals surface area contributed by atoms with Crippen LogP contribution in [0.25, 0.3) is 0 Å². The molecule has 0 aromatic rings. The summed E-state index contributed by atoms with van der Waals surface area (Å²) in [6.45, 7) is 3.49. The second-order valence-corrected chi connectivity index (χ2v) is 3.83. The Kier molecular flexibility index (Phi) is 2.08. The van der Waals surface area contributed by atoms with Gasteiger partial charge in [-0.2, -0.15) is 0 Å². The molecule has 0 saturated carbocycles. The summed E-state index contributed by atoms with van der Waals surface area (Å²) in [6.07, 6.45) is 0. The predicted molar refractivity (Wildman–Crippen MR) is 36.1 cm³/mol. The molecule has 0 amide bonds. The van der Waals surface area contributed by atoms with Crippen molar-refractivity contribution in [2.75, 3.05) is 13.1 Å². The zero-order valence-electron chi connectivity index (χ0n) is 5.33. The summed E-state index contributed by atoms with van der Waals surface area (Å²) in [7, 11) is -2.20. The highest BCUT2D eigenvalue weighted by Gasteiger charge is 2.24. The van der Waals surface area contributed by atoms with E-state index < -0.39 is 10.7 Å². The molecule has 0 radical (unpaired) electrons. The molecule has 9 heavy (non-hydrogen) atoms. The van der Waals surface area contributed by atoms with Crippen LogP contribution in [0.5, 0.6) is 0 Å². The highest BCUT2D eigenvalue weighted by Crippen LogP contribution is 2.10. The van der Waals surface area contributed by atoms with Crippen LogP contribution >= 0.6 is 0 Å². The first-order valence-corrected chi connectivity index (χ1v) is 4.30. The molecule has 1 unspecified atom stereocenters. The summed E-state index contributed by atoms with van der Waals surface area (Å²) in [6, 6.07) is 0. The minimum absolute atomic E-state index is 0.138. The van der Waals surface area contributed by atoms with Gasteiger partial charge in [0.05, 0.1) is 5.25 Å². The Labute approximate surface area is 56.4 Å². The van der Waals surface area contributed by atoms with Crippen molar-refractivity contribution in [1.82, 2.24) is 5.32 Å². The molecule has 0 spiro atoms. The zero-order valence-corrected chi connectivity index (χ0v) is 6.23. The van der Waals surface area contributed by atoms with Crippen molar-refractivity contribution < 1.29 is 8.42 Å². The van der Waals surface area contributed by atoms with E-state index in [1.54, 1.807) is 6.92 Å². The first-order valence-electron chi connectivity index (χ1n) is 3.06. The van der Waals surface area contributed by atoms with E-state index in [0.29, 0.717) is 5.92 Å². The lowest BCUT2D eigenvalue weighted by atomic mass is 10.0. The van der Waals surface area contributed by atoms with Crippen LogP contribution in [0, 0.1) is 5.92 Å². The van der Waals surface area contributed by atoms with Crippen LogP contribution in [-0.2, 0) is 10.7 Å². The van der Waals surface area contributed by atoms with Gasteiger partial charge in [-0.05, 0) is 6.92 Å². The fourth-order valence-electron chi connectivity index (χ4n) is 0.824. The standard InChI is InChI=1S/C5H11NO2S/c1-4(9(7)8)5-2-6-3-5/h4-6,9H,2-3H2,1H3. The lowest BCUT2D eigenvalue weighted by molar-refractivity contribution is 0.341. The van der Waals surface area contributed by atoms with Crippen molar-refractivity contribution in [2.24, 2.45) is 5.92 Å². The Bertz CT molecular complexity index is 154. The maximum absolute atomic E-state index is 10.3. The van der Waals surface area contributed by atoms with Crippen LogP contribution < -0.4 is 5.32 Å². The summed E-state index contributed by atoms with van der Waals surface area (Å²) in [4.78, 5) is 0. The summed E-state index contributed by atoms with van der Waals surface area (Å²) >= 11 is 0. The largest absolute Gasteiger partial charge is 0.316 e. The van der Waals surface area contributed by atoms with Crippen molar-refractivity contribution in [3.8, 4) is 0 Å². The molecule has 1 N–H and O–H groups in total. The molecule has 0 aromatic carbocycles. The third-order valence-electron chi connectivity index (χ3n) is 1.83. The third kappa shape index (κ3) is 1.43. The number of hydrogen-bond donors (Lipinski definition) is 2. The minimum atomic E-state index is -2.20. The molecule has 1 rings (SSSR count). The summed E-state index contributed by atoms with van der Waals surface area (Å²) in [5, 5.41) is 2.89. The van der Waals surface area contributed by atoms with Gasteiger partial charge < -0.3 is 5.32 Å². The van der Waals surface area contributed by atoms with Gasteiger partial charge in [-0.1, -0.05) is 0 Å². The van der Waals surface area contributed by atoms with E-state index in [9.17, 15) is 8.42 Å². The third-order valence-corrected chi connectivity index (χ3v) is 2.91. The van der Waals surface area contributed by atoms with E-state index >= 15 is 0 Å². The number of thiol groups is 1. The number of nitrogens with one attached hydrogen (secondary N) is 1. The molecule has 1 aliphatic rings. The second-order valence-electron chi connectivity index (χ2n) is 2.44. The SMILES string of the molecule is CC(C1CNC1)[SH](=O)=O. The van der Waals surface area contributed by atoms with Gasteiger partial charge in [0.1, 0.15) is 10.7 Å². The van der Waals surface area contributed by atoms with Gasteiger partial charge in [0, 0.05) is 19.0 Å². The highest BCUT2D eigenvalue weighted by molar-refractivity contribution is 7.73. The fourth-order valence-corrected chi connectivity index (χ4v) is 1.38. The van der Waals surface area contributed by atoms with E-state index in [1.165, 1.54) is 0 Å². The topological polar surface area (TPSA) is 46.2 Å². The smallest absolute Gasteiger partial charge is 0.143 e. The summed E-state index contributed by atoms with van der Waals surface area (Å²) < 4.78 is 20.7. The van der Waals surface area contributed by atoms with E-state index in [-0.39, 0.29) is 5.25 Å². The maximum Gasteiger partial charge on any atom is 0.143 e. The van der Waals surface area contributed by atoms with Crippen molar-refractivity contribution in [3.63, 3.8) is 0 Å². The Morgan fingerprint density at radius 1 is 1.56 bits per heavy atom. The zero-order chi connectivity index (χ0) is 6.85. The van der Waals surface area contributed by atoms with Gasteiger partial charge in [0.2, 0.25) is 0 Å². The molecule has 0 bridgehead atoms. The Balaban J connectivity index is 2.41. The van der Waals surface area contributed by atoms with Crippen molar-refractivity contribution in [2.45, 2.75) is 12.2 Å². The fraction of sp³-hybridized carbons (Fsp3) is 1.00. The van der Waals surface area contributed by atoms with E-state index in [4.69, 9.17) is 0 Å². The molecule has 0 aliphatic carbocycles. The molecule has 1 saturated heterocycles. The normalized spacial score (nSPS) is 23.8. The Hall–Kier alpha value is -0.0900. The average Bonchev–Trinajstić information content (AvgIpc) is 1.60. The predicted octanol–water partition coefficient (Wildman–Crippen LogP) is -0.794. The molecule has 0 aromatic heterocycles. The molecule has 1 atom stereocenters. The summed E-state index contributed by atoms with van der Waals surface area (Å²) in [5.41, 5.74) is 0. The molecular weight excluding hydrogens is 138 g/mol. The first kappa shape index (κ1) is 7.02. The lowest BCUT2D eigenvalue weighted by Crippen LogP contribution is -2.47. The molecule has 1 fully saturated rings. The molecule has 54 valence electrons. The second kappa shape index (κ2) is 2.66.